The van der Waals surface area contributed by atoms with E-state index in [0.29, 0.717) is 22.7 Å². The van der Waals surface area contributed by atoms with Gasteiger partial charge in [-0.25, -0.2) is 0 Å². The molecule has 33 heavy (non-hydrogen) atoms. The Balaban J connectivity index is 1.51. The molecule has 0 bridgehead atoms. The van der Waals surface area contributed by atoms with Crippen LogP contribution < -0.4 is 15.4 Å². The van der Waals surface area contributed by atoms with Gasteiger partial charge >= 0.3 is 0 Å². The Morgan fingerprint density at radius 1 is 0.879 bits per heavy atom. The summed E-state index contributed by atoms with van der Waals surface area (Å²) < 4.78 is 5.16. The van der Waals surface area contributed by atoms with Crippen LogP contribution in [0.25, 0.3) is 0 Å². The fraction of sp³-hybridized carbons (Fsp3) is 0.259. The molecule has 0 radical (unpaired) electrons. The number of amides is 2. The van der Waals surface area contributed by atoms with Crippen LogP contribution in [0.3, 0.4) is 0 Å². The molecule has 0 saturated carbocycles. The van der Waals surface area contributed by atoms with Gasteiger partial charge in [-0.15, -0.1) is 11.8 Å². The highest BCUT2D eigenvalue weighted by Gasteiger charge is 2.14. The lowest BCUT2D eigenvalue weighted by molar-refractivity contribution is -0.113. The first-order valence-corrected chi connectivity index (χ1v) is 11.9. The Kier molecular flexibility index (Phi) is 8.17. The van der Waals surface area contributed by atoms with Crippen molar-refractivity contribution in [1.82, 2.24) is 0 Å². The van der Waals surface area contributed by atoms with E-state index in [2.05, 4.69) is 31.4 Å². The summed E-state index contributed by atoms with van der Waals surface area (Å²) in [5.74, 6) is 1.61. The van der Waals surface area contributed by atoms with Crippen LogP contribution in [-0.4, -0.2) is 24.7 Å². The Morgan fingerprint density at radius 2 is 1.52 bits per heavy atom. The lowest BCUT2D eigenvalue weighted by Gasteiger charge is -2.19. The van der Waals surface area contributed by atoms with E-state index in [-0.39, 0.29) is 17.2 Å². The third-order valence-electron chi connectivity index (χ3n) is 5.08. The van der Waals surface area contributed by atoms with Crippen molar-refractivity contribution in [3.05, 3.63) is 89.5 Å². The van der Waals surface area contributed by atoms with Gasteiger partial charge in [0.1, 0.15) is 5.75 Å². The third kappa shape index (κ3) is 7.39. The van der Waals surface area contributed by atoms with Gasteiger partial charge in [0.05, 0.1) is 12.9 Å². The molecule has 0 aromatic heterocycles. The summed E-state index contributed by atoms with van der Waals surface area (Å²) in [6.07, 6.45) is 0. The first-order chi connectivity index (χ1) is 15.7. The maximum absolute atomic E-state index is 12.6. The molecule has 0 aliphatic carbocycles. The third-order valence-corrected chi connectivity index (χ3v) is 6.08. The van der Waals surface area contributed by atoms with Crippen LogP contribution in [0, 0.1) is 0 Å². The summed E-state index contributed by atoms with van der Waals surface area (Å²) in [7, 11) is 1.64. The Labute approximate surface area is 199 Å². The SMILES string of the molecule is COc1ccc(CSCC(=O)Nc2cccc(NC(=O)c3ccc(C(C)(C)C)cc3)c2)cc1. The number of benzene rings is 3. The zero-order valence-electron chi connectivity index (χ0n) is 19.5. The van der Waals surface area contributed by atoms with Crippen molar-refractivity contribution in [3.8, 4) is 5.75 Å². The van der Waals surface area contributed by atoms with Gasteiger partial charge in [0, 0.05) is 22.7 Å². The molecule has 3 aromatic rings. The van der Waals surface area contributed by atoms with E-state index < -0.39 is 0 Å². The van der Waals surface area contributed by atoms with E-state index in [4.69, 9.17) is 4.74 Å². The fourth-order valence-electron chi connectivity index (χ4n) is 3.18. The summed E-state index contributed by atoms with van der Waals surface area (Å²) in [6, 6.07) is 22.6. The van der Waals surface area contributed by atoms with Gasteiger partial charge in [0.25, 0.3) is 5.91 Å². The molecule has 5 nitrogen and oxygen atoms in total. The highest BCUT2D eigenvalue weighted by atomic mass is 32.2. The summed E-state index contributed by atoms with van der Waals surface area (Å²) in [6.45, 7) is 6.42. The van der Waals surface area contributed by atoms with Gasteiger partial charge < -0.3 is 15.4 Å². The highest BCUT2D eigenvalue weighted by Crippen LogP contribution is 2.23. The fourth-order valence-corrected chi connectivity index (χ4v) is 3.97. The second-order valence-corrected chi connectivity index (χ2v) is 9.74. The van der Waals surface area contributed by atoms with Crippen molar-refractivity contribution in [2.45, 2.75) is 31.9 Å². The molecule has 0 aliphatic heterocycles. The molecular formula is C27H30N2O3S. The molecule has 0 aliphatic rings. The molecule has 0 atom stereocenters. The quantitative estimate of drug-likeness (QED) is 0.423. The molecule has 0 heterocycles. The van der Waals surface area contributed by atoms with Crippen molar-refractivity contribution >= 4 is 35.0 Å². The van der Waals surface area contributed by atoms with E-state index in [1.54, 1.807) is 31.4 Å². The highest BCUT2D eigenvalue weighted by molar-refractivity contribution is 7.99. The zero-order chi connectivity index (χ0) is 23.8. The van der Waals surface area contributed by atoms with E-state index in [1.807, 2.05) is 48.5 Å². The predicted molar refractivity (Wildman–Crippen MR) is 137 cm³/mol. The minimum absolute atomic E-state index is 0.0362. The number of ether oxygens (including phenoxy) is 1. The lowest BCUT2D eigenvalue weighted by Crippen LogP contribution is -2.16. The standard InChI is InChI=1S/C27H30N2O3S/c1-27(2,3)21-12-10-20(11-13-21)26(31)29-23-7-5-6-22(16-23)28-25(30)18-33-17-19-8-14-24(32-4)15-9-19/h5-16H,17-18H2,1-4H3,(H,28,30)(H,29,31). The van der Waals surface area contributed by atoms with Gasteiger partial charge in [-0.05, 0) is 59.0 Å². The number of thioether (sulfide) groups is 1. The van der Waals surface area contributed by atoms with E-state index in [0.717, 1.165) is 17.1 Å². The number of nitrogens with one attached hydrogen (secondary N) is 2. The number of anilines is 2. The van der Waals surface area contributed by atoms with Crippen LogP contribution in [0.4, 0.5) is 11.4 Å². The van der Waals surface area contributed by atoms with Crippen LogP contribution in [0.5, 0.6) is 5.75 Å². The smallest absolute Gasteiger partial charge is 0.255 e. The van der Waals surface area contributed by atoms with Crippen LogP contribution in [0.2, 0.25) is 0 Å². The Bertz CT molecular complexity index is 1090. The first kappa shape index (κ1) is 24.4. The predicted octanol–water partition coefficient (Wildman–Crippen LogP) is 6.12. The van der Waals surface area contributed by atoms with Crippen molar-refractivity contribution < 1.29 is 14.3 Å². The van der Waals surface area contributed by atoms with Gasteiger partial charge in [-0.3, -0.25) is 9.59 Å². The molecule has 6 heteroatoms. The topological polar surface area (TPSA) is 67.4 Å². The number of methoxy groups -OCH3 is 1. The average molecular weight is 463 g/mol. The normalized spacial score (nSPS) is 11.0. The van der Waals surface area contributed by atoms with Crippen LogP contribution >= 0.6 is 11.8 Å². The maximum atomic E-state index is 12.6. The minimum atomic E-state index is -0.186. The monoisotopic (exact) mass is 462 g/mol. The molecule has 3 rings (SSSR count). The van der Waals surface area contributed by atoms with Crippen molar-refractivity contribution in [2.24, 2.45) is 0 Å². The molecule has 2 amide bonds. The van der Waals surface area contributed by atoms with E-state index in [9.17, 15) is 9.59 Å². The summed E-state index contributed by atoms with van der Waals surface area (Å²) in [5, 5.41) is 5.79. The van der Waals surface area contributed by atoms with Crippen molar-refractivity contribution in [2.75, 3.05) is 23.5 Å². The molecule has 172 valence electrons. The average Bonchev–Trinajstić information content (AvgIpc) is 2.79. The van der Waals surface area contributed by atoms with E-state index in [1.165, 1.54) is 17.3 Å². The number of rotatable bonds is 8. The van der Waals surface area contributed by atoms with Crippen molar-refractivity contribution in [3.63, 3.8) is 0 Å². The largest absolute Gasteiger partial charge is 0.497 e. The lowest BCUT2D eigenvalue weighted by atomic mass is 9.87. The molecule has 0 fully saturated rings. The summed E-state index contributed by atoms with van der Waals surface area (Å²) in [5.41, 5.74) is 4.21. The van der Waals surface area contributed by atoms with Crippen molar-refractivity contribution in [1.29, 1.82) is 0 Å². The van der Waals surface area contributed by atoms with Gasteiger partial charge in [-0.2, -0.15) is 0 Å². The molecule has 0 unspecified atom stereocenters. The number of hydrogen-bond acceptors (Lipinski definition) is 4. The molecule has 3 aromatic carbocycles. The number of carbonyl (C=O) groups excluding carboxylic acids is 2. The minimum Gasteiger partial charge on any atom is -0.497 e. The van der Waals surface area contributed by atoms with Crippen LogP contribution in [0.15, 0.2) is 72.8 Å². The van der Waals surface area contributed by atoms with E-state index >= 15 is 0 Å². The van der Waals surface area contributed by atoms with Gasteiger partial charge in [-0.1, -0.05) is 51.1 Å². The van der Waals surface area contributed by atoms with Gasteiger partial charge in [0.2, 0.25) is 5.91 Å². The zero-order valence-corrected chi connectivity index (χ0v) is 20.3. The Hall–Kier alpha value is -3.25. The summed E-state index contributed by atoms with van der Waals surface area (Å²) in [4.78, 5) is 24.9. The second kappa shape index (κ2) is 11.1. The second-order valence-electron chi connectivity index (χ2n) is 8.75. The molecule has 2 N–H and O–H groups in total. The molecular weight excluding hydrogens is 432 g/mol. The summed E-state index contributed by atoms with van der Waals surface area (Å²) >= 11 is 1.54. The first-order valence-electron chi connectivity index (χ1n) is 10.8. The number of hydrogen-bond donors (Lipinski definition) is 2. The van der Waals surface area contributed by atoms with Gasteiger partial charge in [0.15, 0.2) is 0 Å². The van der Waals surface area contributed by atoms with Crippen LogP contribution in [0.1, 0.15) is 42.3 Å². The molecule has 0 saturated heterocycles. The Morgan fingerprint density at radius 3 is 2.12 bits per heavy atom. The van der Waals surface area contributed by atoms with Crippen LogP contribution in [-0.2, 0) is 16.0 Å². The molecule has 0 spiro atoms. The number of carbonyl (C=O) groups is 2. The maximum Gasteiger partial charge on any atom is 0.255 e.